The summed E-state index contributed by atoms with van der Waals surface area (Å²) in [5, 5.41) is 3.98. The highest BCUT2D eigenvalue weighted by Gasteiger charge is 2.09. The molecule has 1 aromatic heterocycles. The predicted molar refractivity (Wildman–Crippen MR) is 107 cm³/mol. The first kappa shape index (κ1) is 18.1. The van der Waals surface area contributed by atoms with Crippen LogP contribution in [0.4, 0.5) is 5.69 Å². The highest BCUT2D eigenvalue weighted by Crippen LogP contribution is 2.27. The molecule has 2 aromatic carbocycles. The van der Waals surface area contributed by atoms with Gasteiger partial charge in [0.15, 0.2) is 5.78 Å². The van der Waals surface area contributed by atoms with Gasteiger partial charge in [-0.3, -0.25) is 14.6 Å². The first-order valence-electron chi connectivity index (χ1n) is 8.51. The molecule has 4 nitrogen and oxygen atoms in total. The lowest BCUT2D eigenvalue weighted by Gasteiger charge is -2.09. The SMILES string of the molecule is CC(=O)c1ccccc1NC(=O)CCCSc1ccnc2ccccc12. The average molecular weight is 364 g/mol. The van der Waals surface area contributed by atoms with Crippen LogP contribution in [-0.4, -0.2) is 22.4 Å². The normalized spacial score (nSPS) is 10.7. The second kappa shape index (κ2) is 8.63. The van der Waals surface area contributed by atoms with Crippen molar-refractivity contribution < 1.29 is 9.59 Å². The number of amides is 1. The lowest BCUT2D eigenvalue weighted by Crippen LogP contribution is -2.13. The molecule has 3 rings (SSSR count). The zero-order chi connectivity index (χ0) is 18.4. The van der Waals surface area contributed by atoms with E-state index in [0.29, 0.717) is 17.7 Å². The Kier molecular flexibility index (Phi) is 6.02. The van der Waals surface area contributed by atoms with Crippen LogP contribution in [0.1, 0.15) is 30.1 Å². The molecular formula is C21H20N2O2S. The number of rotatable bonds is 7. The lowest BCUT2D eigenvalue weighted by molar-refractivity contribution is -0.116. The number of hydrogen-bond acceptors (Lipinski definition) is 4. The summed E-state index contributed by atoms with van der Waals surface area (Å²) in [4.78, 5) is 29.3. The number of anilines is 1. The second-order valence-corrected chi connectivity index (χ2v) is 7.06. The number of ketones is 1. The fourth-order valence-electron chi connectivity index (χ4n) is 2.72. The Bertz CT molecular complexity index is 935. The Hall–Kier alpha value is -2.66. The molecule has 3 aromatic rings. The molecule has 0 fully saturated rings. The number of nitrogens with one attached hydrogen (secondary N) is 1. The van der Waals surface area contributed by atoms with E-state index >= 15 is 0 Å². The molecule has 0 saturated heterocycles. The largest absolute Gasteiger partial charge is 0.325 e. The van der Waals surface area contributed by atoms with E-state index in [1.165, 1.54) is 11.8 Å². The number of thioether (sulfide) groups is 1. The maximum Gasteiger partial charge on any atom is 0.224 e. The van der Waals surface area contributed by atoms with E-state index in [2.05, 4.69) is 16.4 Å². The highest BCUT2D eigenvalue weighted by molar-refractivity contribution is 7.99. The molecule has 1 heterocycles. The lowest BCUT2D eigenvalue weighted by atomic mass is 10.1. The zero-order valence-electron chi connectivity index (χ0n) is 14.6. The fourth-order valence-corrected chi connectivity index (χ4v) is 3.72. The zero-order valence-corrected chi connectivity index (χ0v) is 15.4. The number of para-hydroxylation sites is 2. The van der Waals surface area contributed by atoms with Gasteiger partial charge in [0.2, 0.25) is 5.91 Å². The van der Waals surface area contributed by atoms with Gasteiger partial charge in [-0.25, -0.2) is 0 Å². The van der Waals surface area contributed by atoms with Crippen LogP contribution in [0.5, 0.6) is 0 Å². The van der Waals surface area contributed by atoms with Gasteiger partial charge in [-0.15, -0.1) is 11.8 Å². The van der Waals surface area contributed by atoms with E-state index in [9.17, 15) is 9.59 Å². The Morgan fingerprint density at radius 3 is 2.65 bits per heavy atom. The average Bonchev–Trinajstić information content (AvgIpc) is 2.65. The fraction of sp³-hybridized carbons (Fsp3) is 0.190. The van der Waals surface area contributed by atoms with Gasteiger partial charge in [0.25, 0.3) is 0 Å². The van der Waals surface area contributed by atoms with E-state index in [1.807, 2.05) is 36.5 Å². The van der Waals surface area contributed by atoms with E-state index < -0.39 is 0 Å². The van der Waals surface area contributed by atoms with Crippen molar-refractivity contribution in [1.29, 1.82) is 0 Å². The maximum absolute atomic E-state index is 12.2. The predicted octanol–water partition coefficient (Wildman–Crippen LogP) is 4.95. The molecule has 26 heavy (non-hydrogen) atoms. The second-order valence-electron chi connectivity index (χ2n) is 5.93. The summed E-state index contributed by atoms with van der Waals surface area (Å²) in [5.74, 6) is 0.718. The monoisotopic (exact) mass is 364 g/mol. The molecule has 0 spiro atoms. The molecule has 0 atom stereocenters. The van der Waals surface area contributed by atoms with Gasteiger partial charge in [0.1, 0.15) is 0 Å². The van der Waals surface area contributed by atoms with Crippen molar-refractivity contribution in [3.8, 4) is 0 Å². The third-order valence-corrected chi connectivity index (χ3v) is 5.16. The molecule has 1 amide bonds. The standard InChI is InChI=1S/C21H20N2O2S/c1-15(24)16-7-2-5-10-19(16)23-21(25)11-6-14-26-20-12-13-22-18-9-4-3-8-17(18)20/h2-5,7-10,12-13H,6,11,14H2,1H3,(H,23,25). The minimum atomic E-state index is -0.0705. The van der Waals surface area contributed by atoms with Crippen LogP contribution in [0.15, 0.2) is 65.7 Å². The Balaban J connectivity index is 1.52. The third-order valence-electron chi connectivity index (χ3n) is 4.00. The molecule has 132 valence electrons. The third kappa shape index (κ3) is 4.49. The van der Waals surface area contributed by atoms with Crippen molar-refractivity contribution in [2.45, 2.75) is 24.7 Å². The van der Waals surface area contributed by atoms with Crippen molar-refractivity contribution in [2.24, 2.45) is 0 Å². The summed E-state index contributed by atoms with van der Waals surface area (Å²) in [6.07, 6.45) is 2.99. The molecule has 0 bridgehead atoms. The molecule has 0 aliphatic rings. The number of aromatic nitrogens is 1. The van der Waals surface area contributed by atoms with Crippen LogP contribution < -0.4 is 5.32 Å². The number of benzene rings is 2. The van der Waals surface area contributed by atoms with Crippen molar-refractivity contribution in [3.63, 3.8) is 0 Å². The van der Waals surface area contributed by atoms with Crippen LogP contribution in [-0.2, 0) is 4.79 Å². The summed E-state index contributed by atoms with van der Waals surface area (Å²) < 4.78 is 0. The molecular weight excluding hydrogens is 344 g/mol. The molecule has 0 aliphatic carbocycles. The molecule has 5 heteroatoms. The number of carbonyl (C=O) groups excluding carboxylic acids is 2. The number of carbonyl (C=O) groups is 2. The summed E-state index contributed by atoms with van der Waals surface area (Å²) >= 11 is 1.73. The van der Waals surface area contributed by atoms with Crippen molar-refractivity contribution in [1.82, 2.24) is 4.98 Å². The minimum Gasteiger partial charge on any atom is -0.325 e. The van der Waals surface area contributed by atoms with Gasteiger partial charge in [0.05, 0.1) is 11.2 Å². The Labute approximate surface area is 157 Å². The van der Waals surface area contributed by atoms with Gasteiger partial charge < -0.3 is 5.32 Å². The van der Waals surface area contributed by atoms with Crippen LogP contribution >= 0.6 is 11.8 Å². The quantitative estimate of drug-likeness (QED) is 0.366. The van der Waals surface area contributed by atoms with Crippen molar-refractivity contribution >= 4 is 40.0 Å². The van der Waals surface area contributed by atoms with Gasteiger partial charge in [0, 0.05) is 28.5 Å². The van der Waals surface area contributed by atoms with E-state index in [1.54, 1.807) is 30.0 Å². The van der Waals surface area contributed by atoms with E-state index in [4.69, 9.17) is 0 Å². The summed E-state index contributed by atoms with van der Waals surface area (Å²) in [6.45, 7) is 1.50. The van der Waals surface area contributed by atoms with Gasteiger partial charge in [-0.05, 0) is 43.4 Å². The first-order valence-corrected chi connectivity index (χ1v) is 9.50. The smallest absolute Gasteiger partial charge is 0.224 e. The van der Waals surface area contributed by atoms with Crippen LogP contribution in [0.25, 0.3) is 10.9 Å². The first-order chi connectivity index (χ1) is 12.6. The van der Waals surface area contributed by atoms with Gasteiger partial charge in [-0.2, -0.15) is 0 Å². The maximum atomic E-state index is 12.2. The van der Waals surface area contributed by atoms with Crippen LogP contribution in [0.2, 0.25) is 0 Å². The molecule has 1 N–H and O–H groups in total. The summed E-state index contributed by atoms with van der Waals surface area (Å²) in [6, 6.07) is 17.1. The molecule has 0 radical (unpaired) electrons. The van der Waals surface area contributed by atoms with E-state index in [-0.39, 0.29) is 11.7 Å². The Morgan fingerprint density at radius 1 is 1.04 bits per heavy atom. The Morgan fingerprint density at radius 2 is 1.81 bits per heavy atom. The number of hydrogen-bond donors (Lipinski definition) is 1. The highest BCUT2D eigenvalue weighted by atomic mass is 32.2. The summed E-state index contributed by atoms with van der Waals surface area (Å²) in [5.41, 5.74) is 2.10. The van der Waals surface area contributed by atoms with Crippen molar-refractivity contribution in [2.75, 3.05) is 11.1 Å². The number of pyridine rings is 1. The molecule has 0 aliphatic heterocycles. The summed E-state index contributed by atoms with van der Waals surface area (Å²) in [7, 11) is 0. The van der Waals surface area contributed by atoms with Crippen LogP contribution in [0.3, 0.4) is 0 Å². The number of Topliss-reactive ketones (excluding diaryl/α,β-unsaturated/α-hetero) is 1. The molecule has 0 unspecified atom stereocenters. The van der Waals surface area contributed by atoms with Gasteiger partial charge in [-0.1, -0.05) is 30.3 Å². The van der Waals surface area contributed by atoms with Crippen molar-refractivity contribution in [3.05, 3.63) is 66.4 Å². The minimum absolute atomic E-state index is 0.0546. The number of nitrogens with zero attached hydrogens (tertiary/aromatic N) is 1. The van der Waals surface area contributed by atoms with Gasteiger partial charge >= 0.3 is 0 Å². The topological polar surface area (TPSA) is 59.1 Å². The molecule has 0 saturated carbocycles. The number of fused-ring (bicyclic) bond motifs is 1. The van der Waals surface area contributed by atoms with Crippen LogP contribution in [0, 0.1) is 0 Å². The van der Waals surface area contributed by atoms with E-state index in [0.717, 1.165) is 23.1 Å².